The maximum Gasteiger partial charge on any atom is 0.308 e. The molecule has 0 fully saturated rings. The second-order valence-corrected chi connectivity index (χ2v) is 7.13. The zero-order valence-corrected chi connectivity index (χ0v) is 13.1. The van der Waals surface area contributed by atoms with Gasteiger partial charge in [0.1, 0.15) is 0 Å². The Bertz CT molecular complexity index is 639. The van der Waals surface area contributed by atoms with Crippen molar-refractivity contribution in [3.63, 3.8) is 0 Å². The van der Waals surface area contributed by atoms with E-state index in [4.69, 9.17) is 5.11 Å². The molecule has 0 aromatic heterocycles. The van der Waals surface area contributed by atoms with E-state index < -0.39 is 27.6 Å². The summed E-state index contributed by atoms with van der Waals surface area (Å²) in [6.45, 7) is 3.09. The number of rotatable bonds is 6. The summed E-state index contributed by atoms with van der Waals surface area (Å²) >= 11 is 0. The van der Waals surface area contributed by atoms with Crippen molar-refractivity contribution in [2.75, 3.05) is 19.3 Å². The smallest absolute Gasteiger partial charge is 0.308 e. The molecule has 1 rings (SSSR count). The number of carbonyl (C=O) groups is 2. The van der Waals surface area contributed by atoms with Crippen LogP contribution in [0.2, 0.25) is 0 Å². The van der Waals surface area contributed by atoms with Gasteiger partial charge in [0.2, 0.25) is 0 Å². The van der Waals surface area contributed by atoms with Crippen molar-refractivity contribution in [3.8, 4) is 0 Å². The first-order valence-electron chi connectivity index (χ1n) is 6.50. The third-order valence-corrected chi connectivity index (χ3v) is 4.87. The Balaban J connectivity index is 2.98. The molecule has 0 radical (unpaired) electrons. The summed E-state index contributed by atoms with van der Waals surface area (Å²) < 4.78 is 23.6. The van der Waals surface area contributed by atoms with Gasteiger partial charge < -0.3 is 10.0 Å². The lowest BCUT2D eigenvalue weighted by Crippen LogP contribution is -2.33. The van der Waals surface area contributed by atoms with Crippen LogP contribution < -0.4 is 0 Å². The van der Waals surface area contributed by atoms with Gasteiger partial charge in [0.25, 0.3) is 5.91 Å². The van der Waals surface area contributed by atoms with Gasteiger partial charge in [0, 0.05) is 19.2 Å². The maximum absolute atomic E-state index is 12.2. The summed E-state index contributed by atoms with van der Waals surface area (Å²) in [5, 5.41) is 8.85. The van der Waals surface area contributed by atoms with Crippen LogP contribution in [-0.4, -0.2) is 49.6 Å². The first-order valence-corrected chi connectivity index (χ1v) is 8.15. The molecule has 7 heteroatoms. The fourth-order valence-corrected chi connectivity index (χ4v) is 2.71. The summed E-state index contributed by atoms with van der Waals surface area (Å²) in [5.74, 6) is -2.13. The minimum absolute atomic E-state index is 0.0451. The van der Waals surface area contributed by atoms with Gasteiger partial charge in [-0.25, -0.2) is 8.42 Å². The number of carboxylic acid groups (broad SMARTS) is 1. The average molecular weight is 313 g/mol. The Labute approximate surface area is 124 Å². The van der Waals surface area contributed by atoms with Crippen LogP contribution in [0.3, 0.4) is 0 Å². The van der Waals surface area contributed by atoms with E-state index >= 15 is 0 Å². The van der Waals surface area contributed by atoms with Crippen LogP contribution in [0, 0.1) is 5.92 Å². The molecule has 1 N–H and O–H groups in total. The molecule has 0 aliphatic carbocycles. The largest absolute Gasteiger partial charge is 0.481 e. The summed E-state index contributed by atoms with van der Waals surface area (Å²) in [5.41, 5.74) is 0.226. The van der Waals surface area contributed by atoms with E-state index in [0.717, 1.165) is 0 Å². The lowest BCUT2D eigenvalue weighted by Gasteiger charge is -2.19. The fourth-order valence-electron chi connectivity index (χ4n) is 1.78. The van der Waals surface area contributed by atoms with Crippen molar-refractivity contribution in [2.45, 2.75) is 18.7 Å². The first kappa shape index (κ1) is 17.2. The van der Waals surface area contributed by atoms with Gasteiger partial charge in [-0.2, -0.15) is 0 Å². The minimum Gasteiger partial charge on any atom is -0.481 e. The number of benzene rings is 1. The highest BCUT2D eigenvalue weighted by Crippen LogP contribution is 2.15. The summed E-state index contributed by atoms with van der Waals surface area (Å²) in [6.07, 6.45) is 0. The van der Waals surface area contributed by atoms with Crippen LogP contribution in [0.25, 0.3) is 0 Å². The Hall–Kier alpha value is -1.89. The molecule has 1 aromatic carbocycles. The maximum atomic E-state index is 12.2. The Morgan fingerprint density at radius 3 is 2.48 bits per heavy atom. The number of aliphatic carboxylic acids is 1. The van der Waals surface area contributed by atoms with E-state index in [1.165, 1.54) is 50.1 Å². The lowest BCUT2D eigenvalue weighted by molar-refractivity contribution is -0.141. The predicted octanol–water partition coefficient (Wildman–Crippen LogP) is 1.27. The molecule has 116 valence electrons. The molecule has 0 bridgehead atoms. The second-order valence-electron chi connectivity index (χ2n) is 4.86. The molecule has 0 spiro atoms. The van der Waals surface area contributed by atoms with E-state index in [2.05, 4.69) is 0 Å². The van der Waals surface area contributed by atoms with E-state index in [-0.39, 0.29) is 22.8 Å². The number of hydrogen-bond donors (Lipinski definition) is 1. The quantitative estimate of drug-likeness (QED) is 0.854. The molecule has 0 aliphatic heterocycles. The molecule has 21 heavy (non-hydrogen) atoms. The van der Waals surface area contributed by atoms with Gasteiger partial charge in [0.15, 0.2) is 9.84 Å². The van der Waals surface area contributed by atoms with Crippen LogP contribution in [0.15, 0.2) is 29.2 Å². The summed E-state index contributed by atoms with van der Waals surface area (Å²) in [6, 6.07) is 5.78. The predicted molar refractivity (Wildman–Crippen MR) is 77.9 cm³/mol. The zero-order valence-electron chi connectivity index (χ0n) is 12.2. The molecule has 0 saturated carbocycles. The summed E-state index contributed by atoms with van der Waals surface area (Å²) in [7, 11) is -1.89. The number of amides is 1. The SMILES string of the molecule is CCS(=O)(=O)c1cccc(C(=O)N(C)CC(C)C(=O)O)c1. The number of carboxylic acids is 1. The van der Waals surface area contributed by atoms with Crippen LogP contribution in [0.5, 0.6) is 0 Å². The molecule has 1 unspecified atom stereocenters. The number of nitrogens with zero attached hydrogens (tertiary/aromatic N) is 1. The van der Waals surface area contributed by atoms with Crippen LogP contribution in [0.4, 0.5) is 0 Å². The van der Waals surface area contributed by atoms with Crippen LogP contribution >= 0.6 is 0 Å². The van der Waals surface area contributed by atoms with Crippen molar-refractivity contribution < 1.29 is 23.1 Å². The molecular weight excluding hydrogens is 294 g/mol. The molecule has 6 nitrogen and oxygen atoms in total. The van der Waals surface area contributed by atoms with E-state index in [0.29, 0.717) is 0 Å². The van der Waals surface area contributed by atoms with Crippen LogP contribution in [0.1, 0.15) is 24.2 Å². The third kappa shape index (κ3) is 4.29. The van der Waals surface area contributed by atoms with E-state index in [1.807, 2.05) is 0 Å². The molecule has 0 saturated heterocycles. The number of carbonyl (C=O) groups excluding carboxylic acids is 1. The monoisotopic (exact) mass is 313 g/mol. The van der Waals surface area contributed by atoms with Gasteiger partial charge in [0.05, 0.1) is 16.6 Å². The van der Waals surface area contributed by atoms with Crippen molar-refractivity contribution >= 4 is 21.7 Å². The molecular formula is C14H19NO5S. The van der Waals surface area contributed by atoms with E-state index in [9.17, 15) is 18.0 Å². The van der Waals surface area contributed by atoms with Crippen molar-refractivity contribution in [1.29, 1.82) is 0 Å². The highest BCUT2D eigenvalue weighted by molar-refractivity contribution is 7.91. The highest BCUT2D eigenvalue weighted by atomic mass is 32.2. The Morgan fingerprint density at radius 2 is 1.95 bits per heavy atom. The van der Waals surface area contributed by atoms with Gasteiger partial charge in [-0.3, -0.25) is 9.59 Å². The first-order chi connectivity index (χ1) is 9.69. The normalized spacial score (nSPS) is 12.7. The number of hydrogen-bond acceptors (Lipinski definition) is 4. The molecule has 0 aliphatic rings. The van der Waals surface area contributed by atoms with Crippen molar-refractivity contribution in [2.24, 2.45) is 5.92 Å². The highest BCUT2D eigenvalue weighted by Gasteiger charge is 2.20. The standard InChI is InChI=1S/C14H19NO5S/c1-4-21(19,20)12-7-5-6-11(8-12)13(16)15(3)9-10(2)14(17)18/h5-8,10H,4,9H2,1-3H3,(H,17,18). The molecule has 1 atom stereocenters. The number of sulfone groups is 1. The van der Waals surface area contributed by atoms with Gasteiger partial charge >= 0.3 is 5.97 Å². The minimum atomic E-state index is -3.38. The van der Waals surface area contributed by atoms with E-state index in [1.54, 1.807) is 0 Å². The lowest BCUT2D eigenvalue weighted by atomic mass is 10.1. The Kier molecular flexibility index (Phi) is 5.48. The molecule has 1 aromatic rings. The second kappa shape index (κ2) is 6.71. The molecule has 1 amide bonds. The van der Waals surface area contributed by atoms with Gasteiger partial charge in [-0.15, -0.1) is 0 Å². The fraction of sp³-hybridized carbons (Fsp3) is 0.429. The van der Waals surface area contributed by atoms with Crippen molar-refractivity contribution in [3.05, 3.63) is 29.8 Å². The van der Waals surface area contributed by atoms with Gasteiger partial charge in [-0.05, 0) is 18.2 Å². The van der Waals surface area contributed by atoms with Crippen LogP contribution in [-0.2, 0) is 14.6 Å². The molecule has 0 heterocycles. The van der Waals surface area contributed by atoms with Crippen molar-refractivity contribution in [1.82, 2.24) is 4.90 Å². The topological polar surface area (TPSA) is 91.8 Å². The summed E-state index contributed by atoms with van der Waals surface area (Å²) in [4.78, 5) is 24.4. The Morgan fingerprint density at radius 1 is 1.33 bits per heavy atom. The third-order valence-electron chi connectivity index (χ3n) is 3.14. The zero-order chi connectivity index (χ0) is 16.2. The average Bonchev–Trinajstić information content (AvgIpc) is 2.46. The van der Waals surface area contributed by atoms with Gasteiger partial charge in [-0.1, -0.05) is 19.9 Å².